The summed E-state index contributed by atoms with van der Waals surface area (Å²) in [6.45, 7) is 27.5. The number of unbranched alkanes of at least 4 members (excludes halogenated alkanes) is 12. The first kappa shape index (κ1) is 72.1. The summed E-state index contributed by atoms with van der Waals surface area (Å²) in [7, 11) is -25.7. The third kappa shape index (κ3) is 37.9. The van der Waals surface area contributed by atoms with Crippen LogP contribution in [-0.4, -0.2) is 111 Å². The van der Waals surface area contributed by atoms with Gasteiger partial charge in [0.05, 0.1) is 0 Å². The molecule has 72 heavy (non-hydrogen) atoms. The lowest BCUT2D eigenvalue weighted by Crippen LogP contribution is -2.48. The van der Waals surface area contributed by atoms with Gasteiger partial charge in [0.1, 0.15) is 0 Å². The summed E-state index contributed by atoms with van der Waals surface area (Å²) in [6.07, 6.45) is 26.7. The van der Waals surface area contributed by atoms with Crippen LogP contribution in [0.2, 0.25) is 72.5 Å². The first-order valence-corrected chi connectivity index (χ1v) is 52.2. The lowest BCUT2D eigenvalue weighted by Gasteiger charge is -2.34. The molecule has 1 aliphatic heterocycles. The molecule has 1 saturated heterocycles. The van der Waals surface area contributed by atoms with Crippen molar-refractivity contribution in [3.8, 4) is 0 Å². The fraction of sp³-hybridized carbons (Fsp3) is 1.00. The van der Waals surface area contributed by atoms with Gasteiger partial charge in [0.15, 0.2) is 0 Å². The quantitative estimate of drug-likeness (QED) is 0.0557. The van der Waals surface area contributed by atoms with Gasteiger partial charge < -0.3 is 49.4 Å². The predicted molar refractivity (Wildman–Crippen MR) is 335 cm³/mol. The average Bonchev–Trinajstić information content (AvgIpc) is 3.38. The maximum atomic E-state index is 7.41. The van der Waals surface area contributed by atoms with Gasteiger partial charge in [-0.1, -0.05) is 237 Å². The van der Waals surface area contributed by atoms with Crippen LogP contribution in [0.5, 0.6) is 0 Å². The van der Waals surface area contributed by atoms with Crippen LogP contribution in [0.1, 0.15) is 237 Å². The first-order chi connectivity index (χ1) is 35.2. The van der Waals surface area contributed by atoms with Crippen molar-refractivity contribution in [2.24, 2.45) is 0 Å². The van der Waals surface area contributed by atoms with Crippen LogP contribution in [0.3, 0.4) is 0 Å². The fourth-order valence-corrected chi connectivity index (χ4v) is 56.7. The molecule has 12 nitrogen and oxygen atoms in total. The Morgan fingerprint density at radius 2 is 0.208 bits per heavy atom. The lowest BCUT2D eigenvalue weighted by molar-refractivity contribution is 0.279. The Labute approximate surface area is 467 Å². The number of hydrogen-bond acceptors (Lipinski definition) is 12. The Hall–Kier alpha value is 2.12. The molecule has 0 aromatic heterocycles. The van der Waals surface area contributed by atoms with Crippen LogP contribution in [0.4, 0.5) is 0 Å². The molecule has 0 aromatic rings. The minimum absolute atomic E-state index is 0.995. The van der Waals surface area contributed by atoms with E-state index in [1.165, 1.54) is 0 Å². The molecule has 0 N–H and O–H groups in total. The van der Waals surface area contributed by atoms with Crippen molar-refractivity contribution in [2.45, 2.75) is 310 Å². The van der Waals surface area contributed by atoms with Gasteiger partial charge in [-0.3, -0.25) is 0 Å². The summed E-state index contributed by atoms with van der Waals surface area (Å²) in [5.41, 5.74) is 0. The Kier molecular flexibility index (Phi) is 51.4. The van der Waals surface area contributed by atoms with Crippen molar-refractivity contribution < 1.29 is 49.4 Å². The third-order valence-corrected chi connectivity index (χ3v) is 52.9. The molecule has 1 rings (SSSR count). The summed E-state index contributed by atoms with van der Waals surface area (Å²) in [4.78, 5) is 0. The zero-order chi connectivity index (χ0) is 52.9. The van der Waals surface area contributed by atoms with Crippen molar-refractivity contribution in [3.05, 3.63) is 0 Å². The van der Waals surface area contributed by atoms with Crippen molar-refractivity contribution in [1.29, 1.82) is 0 Å². The van der Waals surface area contributed by atoms with E-state index in [9.17, 15) is 0 Å². The van der Waals surface area contributed by atoms with E-state index < -0.39 is 111 Å². The molecule has 0 spiro atoms. The summed E-state index contributed by atoms with van der Waals surface area (Å²) in [6, 6.07) is 11.9. The molecule has 1 aliphatic rings. The topological polar surface area (TPSA) is 111 Å². The maximum Gasteiger partial charge on any atom is 0.303 e. The van der Waals surface area contributed by atoms with Crippen molar-refractivity contribution in [2.75, 3.05) is 0 Å². The van der Waals surface area contributed by atoms with E-state index in [1.54, 1.807) is 0 Å². The molecule has 0 radical (unpaired) electrons. The van der Waals surface area contributed by atoms with Crippen LogP contribution in [0, 0.1) is 0 Å². The molecule has 1 heterocycles. The predicted octanol–water partition coefficient (Wildman–Crippen LogP) is 12.4. The van der Waals surface area contributed by atoms with Gasteiger partial charge in [-0.15, -0.1) is 0 Å². The molecule has 24 heteroatoms. The van der Waals surface area contributed by atoms with Crippen molar-refractivity contribution >= 4 is 111 Å². The van der Waals surface area contributed by atoms with Crippen LogP contribution in [0.25, 0.3) is 0 Å². The molecule has 1 fully saturated rings. The van der Waals surface area contributed by atoms with Crippen molar-refractivity contribution in [1.82, 2.24) is 0 Å². The first-order valence-electron chi connectivity index (χ1n) is 31.0. The Bertz CT molecular complexity index is 839. The van der Waals surface area contributed by atoms with Gasteiger partial charge in [-0.05, 0) is 72.5 Å². The maximum absolute atomic E-state index is 7.41. The lowest BCUT2D eigenvalue weighted by atomic mass is 10.4. The minimum atomic E-state index is -2.14. The molecule has 0 saturated carbocycles. The van der Waals surface area contributed by atoms with Gasteiger partial charge in [0.25, 0.3) is 0 Å². The molecule has 0 unspecified atom stereocenters. The highest BCUT2D eigenvalue weighted by molar-refractivity contribution is 6.75. The number of hydrogen-bond donors (Lipinski definition) is 0. The zero-order valence-corrected chi connectivity index (χ0v) is 63.1. The fourth-order valence-electron chi connectivity index (χ4n) is 8.50. The largest absolute Gasteiger partial charge is 0.420 e. The van der Waals surface area contributed by atoms with E-state index in [1.807, 2.05) is 0 Å². The minimum Gasteiger partial charge on any atom is -0.420 e. The van der Waals surface area contributed by atoms with E-state index in [0.29, 0.717) is 0 Å². The normalized spacial score (nSPS) is 28.5. The Balaban J connectivity index is 4.13. The van der Waals surface area contributed by atoms with Crippen LogP contribution >= 0.6 is 0 Å². The van der Waals surface area contributed by atoms with E-state index in [2.05, 4.69) is 83.1 Å². The highest BCUT2D eigenvalue weighted by atomic mass is 28.5. The summed E-state index contributed by atoms with van der Waals surface area (Å²) in [5.74, 6) is 0. The summed E-state index contributed by atoms with van der Waals surface area (Å²) < 4.78 is 88.9. The molecule has 0 aromatic carbocycles. The molecule has 0 bridgehead atoms. The van der Waals surface area contributed by atoms with Crippen molar-refractivity contribution in [3.63, 3.8) is 0 Å². The molecule has 432 valence electrons. The van der Waals surface area contributed by atoms with Gasteiger partial charge in [-0.25, -0.2) is 0 Å². The van der Waals surface area contributed by atoms with Gasteiger partial charge in [0.2, 0.25) is 0 Å². The highest BCUT2D eigenvalue weighted by Crippen LogP contribution is 2.24. The van der Waals surface area contributed by atoms with E-state index >= 15 is 0 Å². The number of rotatable bonds is 36. The molecular formula is C48H120O12Si12. The van der Waals surface area contributed by atoms with Crippen LogP contribution in [0.15, 0.2) is 0 Å². The Morgan fingerprint density at radius 1 is 0.139 bits per heavy atom. The zero-order valence-electron chi connectivity index (χ0n) is 49.3. The SMILES string of the molecule is CCCC[SiH]1O[SiH](CCCC)O[SiH](CCCC)O[SiH](CCCC)O[SiH](CCCC)O[SiH](CCCC)O[SiH](CCCC)O[SiH](CCCC)O[SiH](CCCC)O[SiH](CCCC)O[SiH](CCCC)O[SiH](CCCC)O1. The van der Waals surface area contributed by atoms with E-state index in [4.69, 9.17) is 49.4 Å². The summed E-state index contributed by atoms with van der Waals surface area (Å²) >= 11 is 0. The monoisotopic (exact) mass is 1220 g/mol. The van der Waals surface area contributed by atoms with Crippen LogP contribution in [-0.2, 0) is 49.4 Å². The standard InChI is InChI=1S/C48H120O12Si12/c1-13-25-37-61-49-62(38-26-14-2)51-64(40-28-16-4)53-66(42-30-18-6)55-68(44-32-20-8)57-70(46-34-22-10)59-72(48-36-24-12)60-71(47-35-23-11)58-69(45-33-21-9)56-67(43-31-19-7)54-65(41-29-17-5)52-63(50-61)39-27-15-3/h61-72H,13-48H2,1-12H3. The van der Waals surface area contributed by atoms with Gasteiger partial charge >= 0.3 is 111 Å². The molecule has 0 atom stereocenters. The smallest absolute Gasteiger partial charge is 0.303 e. The third-order valence-electron chi connectivity index (χ3n) is 13.2. The average molecular weight is 1230 g/mol. The van der Waals surface area contributed by atoms with Gasteiger partial charge in [-0.2, -0.15) is 0 Å². The molecule has 0 aliphatic carbocycles. The Morgan fingerprint density at radius 3 is 0.264 bits per heavy atom. The van der Waals surface area contributed by atoms with Crippen LogP contribution < -0.4 is 0 Å². The molecule has 0 amide bonds. The molecular weight excluding hydrogens is 1110 g/mol. The second-order valence-corrected chi connectivity index (χ2v) is 50.8. The highest BCUT2D eigenvalue weighted by Gasteiger charge is 2.37. The van der Waals surface area contributed by atoms with E-state index in [-0.39, 0.29) is 0 Å². The summed E-state index contributed by atoms with van der Waals surface area (Å²) in [5, 5.41) is 0. The van der Waals surface area contributed by atoms with E-state index in [0.717, 1.165) is 227 Å². The second kappa shape index (κ2) is 51.3. The van der Waals surface area contributed by atoms with Gasteiger partial charge in [0, 0.05) is 0 Å². The second-order valence-electron chi connectivity index (χ2n) is 20.5.